The van der Waals surface area contributed by atoms with E-state index in [1.165, 1.54) is 7.11 Å². The van der Waals surface area contributed by atoms with Crippen LogP contribution < -0.4 is 14.8 Å². The second-order valence-electron chi connectivity index (χ2n) is 4.59. The van der Waals surface area contributed by atoms with Gasteiger partial charge in [-0.15, -0.1) is 0 Å². The lowest BCUT2D eigenvalue weighted by Crippen LogP contribution is -2.39. The van der Waals surface area contributed by atoms with Crippen molar-refractivity contribution in [3.63, 3.8) is 0 Å². The van der Waals surface area contributed by atoms with Gasteiger partial charge in [-0.3, -0.25) is 9.59 Å². The number of benzene rings is 1. The molecule has 1 aromatic rings. The van der Waals surface area contributed by atoms with E-state index in [4.69, 9.17) is 14.6 Å². The number of carbonyl (C=O) groups excluding carboxylic acids is 1. The average molecular weight is 295 g/mol. The second-order valence-corrected chi connectivity index (χ2v) is 4.59. The van der Waals surface area contributed by atoms with E-state index in [2.05, 4.69) is 5.32 Å². The summed E-state index contributed by atoms with van der Waals surface area (Å²) in [6.45, 7) is 1.76. The Bertz CT molecular complexity index is 475. The van der Waals surface area contributed by atoms with Gasteiger partial charge in [0.05, 0.1) is 13.5 Å². The summed E-state index contributed by atoms with van der Waals surface area (Å²) in [5.41, 5.74) is 0. The lowest BCUT2D eigenvalue weighted by Gasteiger charge is -2.16. The maximum absolute atomic E-state index is 11.8. The molecule has 2 N–H and O–H groups in total. The molecule has 0 radical (unpaired) electrons. The third kappa shape index (κ3) is 6.16. The van der Waals surface area contributed by atoms with E-state index >= 15 is 0 Å². The molecule has 0 aliphatic heterocycles. The number of hydrogen-bond donors (Lipinski definition) is 2. The summed E-state index contributed by atoms with van der Waals surface area (Å²) in [7, 11) is 1.52. The molecule has 1 unspecified atom stereocenters. The Morgan fingerprint density at radius 2 is 1.95 bits per heavy atom. The number of ether oxygens (including phenoxy) is 2. The standard InChI is InChI=1S/C15H21NO5/c1-3-6-11(9-15(18)19)16-14(17)10-21-13-8-5-4-7-12(13)20-2/h4-5,7-8,11H,3,6,9-10H2,1-2H3,(H,16,17)(H,18,19). The van der Waals surface area contributed by atoms with Gasteiger partial charge in [0.15, 0.2) is 18.1 Å². The van der Waals surface area contributed by atoms with Crippen LogP contribution in [0.15, 0.2) is 24.3 Å². The molecule has 0 aromatic heterocycles. The van der Waals surface area contributed by atoms with Gasteiger partial charge in [0.1, 0.15) is 0 Å². The number of amides is 1. The van der Waals surface area contributed by atoms with Gasteiger partial charge in [-0.05, 0) is 18.6 Å². The van der Waals surface area contributed by atoms with Crippen molar-refractivity contribution >= 4 is 11.9 Å². The topological polar surface area (TPSA) is 84.9 Å². The number of carbonyl (C=O) groups is 2. The number of carboxylic acid groups (broad SMARTS) is 1. The van der Waals surface area contributed by atoms with E-state index in [0.29, 0.717) is 17.9 Å². The molecular weight excluding hydrogens is 274 g/mol. The maximum atomic E-state index is 11.8. The van der Waals surface area contributed by atoms with Gasteiger partial charge in [0, 0.05) is 6.04 Å². The first-order valence-corrected chi connectivity index (χ1v) is 6.83. The summed E-state index contributed by atoms with van der Waals surface area (Å²) in [5, 5.41) is 11.5. The molecule has 21 heavy (non-hydrogen) atoms. The van der Waals surface area contributed by atoms with Crippen LogP contribution in [0.1, 0.15) is 26.2 Å². The molecule has 0 bridgehead atoms. The zero-order valence-corrected chi connectivity index (χ0v) is 12.3. The van der Waals surface area contributed by atoms with Gasteiger partial charge in [-0.2, -0.15) is 0 Å². The highest BCUT2D eigenvalue weighted by Crippen LogP contribution is 2.25. The van der Waals surface area contributed by atoms with E-state index in [1.807, 2.05) is 6.92 Å². The van der Waals surface area contributed by atoms with Crippen molar-refractivity contribution < 1.29 is 24.2 Å². The van der Waals surface area contributed by atoms with Crippen LogP contribution in [0, 0.1) is 0 Å². The molecule has 1 rings (SSSR count). The third-order valence-electron chi connectivity index (χ3n) is 2.85. The molecular formula is C15H21NO5. The summed E-state index contributed by atoms with van der Waals surface area (Å²) in [4.78, 5) is 22.5. The maximum Gasteiger partial charge on any atom is 0.305 e. The quantitative estimate of drug-likeness (QED) is 0.726. The van der Waals surface area contributed by atoms with Crippen LogP contribution in [0.25, 0.3) is 0 Å². The van der Waals surface area contributed by atoms with Crippen LogP contribution in [0.4, 0.5) is 0 Å². The van der Waals surface area contributed by atoms with E-state index in [9.17, 15) is 9.59 Å². The molecule has 6 heteroatoms. The number of rotatable bonds is 9. The highest BCUT2D eigenvalue weighted by Gasteiger charge is 2.15. The predicted octanol–water partition coefficient (Wildman–Crippen LogP) is 1.83. The summed E-state index contributed by atoms with van der Waals surface area (Å²) in [6, 6.07) is 6.64. The molecule has 1 atom stereocenters. The van der Waals surface area contributed by atoms with E-state index < -0.39 is 5.97 Å². The van der Waals surface area contributed by atoms with E-state index in [1.54, 1.807) is 24.3 Å². The molecule has 1 amide bonds. The Morgan fingerprint density at radius 1 is 1.29 bits per heavy atom. The third-order valence-corrected chi connectivity index (χ3v) is 2.85. The molecule has 0 saturated heterocycles. The van der Waals surface area contributed by atoms with Crippen molar-refractivity contribution in [3.8, 4) is 11.5 Å². The number of methoxy groups -OCH3 is 1. The van der Waals surface area contributed by atoms with Crippen LogP contribution in [0.3, 0.4) is 0 Å². The SMILES string of the molecule is CCCC(CC(=O)O)NC(=O)COc1ccccc1OC. The Labute approximate surface area is 124 Å². The van der Waals surface area contributed by atoms with Crippen LogP contribution in [-0.2, 0) is 9.59 Å². The van der Waals surface area contributed by atoms with Crippen molar-refractivity contribution in [1.29, 1.82) is 0 Å². The second kappa shape index (κ2) is 8.84. The largest absolute Gasteiger partial charge is 0.493 e. The molecule has 0 heterocycles. The van der Waals surface area contributed by atoms with Crippen molar-refractivity contribution in [2.24, 2.45) is 0 Å². The monoisotopic (exact) mass is 295 g/mol. The fourth-order valence-corrected chi connectivity index (χ4v) is 1.94. The molecule has 0 aliphatic rings. The summed E-state index contributed by atoms with van der Waals surface area (Å²) in [5.74, 6) is -0.263. The number of carboxylic acids is 1. The first kappa shape index (κ1) is 16.8. The van der Waals surface area contributed by atoms with Gasteiger partial charge in [-0.25, -0.2) is 0 Å². The minimum absolute atomic E-state index is 0.0890. The van der Waals surface area contributed by atoms with Gasteiger partial charge in [-0.1, -0.05) is 25.5 Å². The Hall–Kier alpha value is -2.24. The van der Waals surface area contributed by atoms with E-state index in [0.717, 1.165) is 6.42 Å². The zero-order chi connectivity index (χ0) is 15.7. The Balaban J connectivity index is 2.50. The Kier molecular flexibility index (Phi) is 7.08. The minimum Gasteiger partial charge on any atom is -0.493 e. The van der Waals surface area contributed by atoms with Crippen molar-refractivity contribution in [3.05, 3.63) is 24.3 Å². The number of nitrogens with one attached hydrogen (secondary N) is 1. The fourth-order valence-electron chi connectivity index (χ4n) is 1.94. The zero-order valence-electron chi connectivity index (χ0n) is 12.3. The number of hydrogen-bond acceptors (Lipinski definition) is 4. The first-order valence-electron chi connectivity index (χ1n) is 6.83. The minimum atomic E-state index is -0.931. The van der Waals surface area contributed by atoms with Gasteiger partial charge in [0.25, 0.3) is 5.91 Å². The first-order chi connectivity index (χ1) is 10.1. The lowest BCUT2D eigenvalue weighted by atomic mass is 10.1. The van der Waals surface area contributed by atoms with Crippen molar-refractivity contribution in [2.45, 2.75) is 32.2 Å². The molecule has 0 spiro atoms. The highest BCUT2D eigenvalue weighted by atomic mass is 16.5. The molecule has 0 aliphatic carbocycles. The fraction of sp³-hybridized carbons (Fsp3) is 0.467. The highest BCUT2D eigenvalue weighted by molar-refractivity contribution is 5.78. The molecule has 116 valence electrons. The summed E-state index contributed by atoms with van der Waals surface area (Å²) in [6.07, 6.45) is 1.33. The van der Waals surface area contributed by atoms with Gasteiger partial charge < -0.3 is 19.9 Å². The molecule has 0 fully saturated rings. The lowest BCUT2D eigenvalue weighted by molar-refractivity contribution is -0.137. The average Bonchev–Trinajstić information content (AvgIpc) is 2.45. The smallest absolute Gasteiger partial charge is 0.305 e. The summed E-state index contributed by atoms with van der Waals surface area (Å²) >= 11 is 0. The summed E-state index contributed by atoms with van der Waals surface area (Å²) < 4.78 is 10.5. The van der Waals surface area contributed by atoms with Crippen LogP contribution in [-0.4, -0.2) is 36.7 Å². The number of para-hydroxylation sites is 2. The van der Waals surface area contributed by atoms with Crippen LogP contribution in [0.2, 0.25) is 0 Å². The molecule has 6 nitrogen and oxygen atoms in total. The predicted molar refractivity (Wildman–Crippen MR) is 77.6 cm³/mol. The van der Waals surface area contributed by atoms with Gasteiger partial charge in [0.2, 0.25) is 0 Å². The van der Waals surface area contributed by atoms with Crippen LogP contribution in [0.5, 0.6) is 11.5 Å². The molecule has 1 aromatic carbocycles. The number of aliphatic carboxylic acids is 1. The van der Waals surface area contributed by atoms with Crippen molar-refractivity contribution in [1.82, 2.24) is 5.32 Å². The van der Waals surface area contributed by atoms with Crippen molar-refractivity contribution in [2.75, 3.05) is 13.7 Å². The van der Waals surface area contributed by atoms with E-state index in [-0.39, 0.29) is 25.0 Å². The molecule has 0 saturated carbocycles. The van der Waals surface area contributed by atoms with Gasteiger partial charge >= 0.3 is 5.97 Å². The van der Waals surface area contributed by atoms with Crippen LogP contribution >= 0.6 is 0 Å². The normalized spacial score (nSPS) is 11.5. The Morgan fingerprint density at radius 3 is 2.52 bits per heavy atom.